The third-order valence-corrected chi connectivity index (χ3v) is 5.10. The summed E-state index contributed by atoms with van der Waals surface area (Å²) >= 11 is 0. The number of phenols is 1. The summed E-state index contributed by atoms with van der Waals surface area (Å²) in [7, 11) is 0. The fourth-order valence-corrected chi connectivity index (χ4v) is 3.02. The second kappa shape index (κ2) is 13.2. The number of nitrogens with one attached hydrogen (secondary N) is 3. The average Bonchev–Trinajstić information content (AvgIpc) is 2.76. The Balaban J connectivity index is 3.16. The minimum Gasteiger partial charge on any atom is -0.508 e. The molecule has 5 unspecified atom stereocenters. The summed E-state index contributed by atoms with van der Waals surface area (Å²) < 4.78 is 0. The maximum atomic E-state index is 13.0. The first kappa shape index (κ1) is 29.3. The van der Waals surface area contributed by atoms with Gasteiger partial charge >= 0.3 is 5.97 Å². The Labute approximate surface area is 202 Å². The van der Waals surface area contributed by atoms with Crippen LogP contribution >= 0.6 is 0 Å². The number of benzene rings is 1. The van der Waals surface area contributed by atoms with Gasteiger partial charge in [0.25, 0.3) is 0 Å². The summed E-state index contributed by atoms with van der Waals surface area (Å²) in [6, 6.07) is 0.386. The minimum absolute atomic E-state index is 0.0248. The maximum Gasteiger partial charge on any atom is 0.326 e. The number of carbonyl (C=O) groups is 5. The molecule has 0 bridgehead atoms. The van der Waals surface area contributed by atoms with Crippen LogP contribution in [0.4, 0.5) is 0 Å². The van der Waals surface area contributed by atoms with Crippen molar-refractivity contribution in [3.05, 3.63) is 29.8 Å². The summed E-state index contributed by atoms with van der Waals surface area (Å²) in [6.07, 6.45) is -1.94. The summed E-state index contributed by atoms with van der Waals surface area (Å²) in [4.78, 5) is 60.9. The van der Waals surface area contributed by atoms with Crippen LogP contribution in [0.2, 0.25) is 0 Å². The van der Waals surface area contributed by atoms with Crippen LogP contribution in [0.1, 0.15) is 32.8 Å². The zero-order chi connectivity index (χ0) is 26.9. The molecule has 0 spiro atoms. The quantitative estimate of drug-likeness (QED) is 0.147. The molecule has 35 heavy (non-hydrogen) atoms. The van der Waals surface area contributed by atoms with E-state index in [2.05, 4.69) is 16.0 Å². The van der Waals surface area contributed by atoms with E-state index >= 15 is 0 Å². The lowest BCUT2D eigenvalue weighted by molar-refractivity contribution is -0.143. The van der Waals surface area contributed by atoms with E-state index in [1.54, 1.807) is 13.8 Å². The largest absolute Gasteiger partial charge is 0.508 e. The molecule has 0 saturated carbocycles. The summed E-state index contributed by atoms with van der Waals surface area (Å²) in [6.45, 7) is 4.60. The average molecular weight is 496 g/mol. The molecule has 0 heterocycles. The monoisotopic (exact) mass is 495 g/mol. The SMILES string of the molecule is CC(C)C(NC(=O)C(N)C(C)O)C(=O)NC(Cc1ccc(O)cc1)C(=O)NC(CC(N)=O)C(=O)O. The number of carboxylic acid groups (broad SMARTS) is 1. The van der Waals surface area contributed by atoms with Crippen molar-refractivity contribution in [3.8, 4) is 5.75 Å². The fraction of sp³-hybridized carbons (Fsp3) is 0.500. The third-order valence-electron chi connectivity index (χ3n) is 5.10. The minimum atomic E-state index is -1.62. The fourth-order valence-electron chi connectivity index (χ4n) is 3.02. The van der Waals surface area contributed by atoms with E-state index in [-0.39, 0.29) is 12.2 Å². The number of hydrogen-bond donors (Lipinski definition) is 8. The van der Waals surface area contributed by atoms with Gasteiger partial charge in [0, 0.05) is 6.42 Å². The Hall–Kier alpha value is -3.71. The third kappa shape index (κ3) is 9.59. The smallest absolute Gasteiger partial charge is 0.326 e. The molecular weight excluding hydrogens is 462 g/mol. The van der Waals surface area contributed by atoms with Crippen LogP contribution in [0.25, 0.3) is 0 Å². The van der Waals surface area contributed by atoms with E-state index in [9.17, 15) is 39.3 Å². The number of rotatable bonds is 13. The lowest BCUT2D eigenvalue weighted by Gasteiger charge is -2.27. The number of primary amides is 1. The molecule has 5 atom stereocenters. The summed E-state index contributed by atoms with van der Waals surface area (Å²) in [5, 5.41) is 35.4. The van der Waals surface area contributed by atoms with Crippen LogP contribution < -0.4 is 27.4 Å². The van der Waals surface area contributed by atoms with Crippen molar-refractivity contribution in [3.63, 3.8) is 0 Å². The van der Waals surface area contributed by atoms with Gasteiger partial charge < -0.3 is 42.7 Å². The van der Waals surface area contributed by atoms with Crippen molar-refractivity contribution < 1.29 is 39.3 Å². The molecule has 194 valence electrons. The molecular formula is C22H33N5O8. The van der Waals surface area contributed by atoms with Crippen LogP contribution in [0.3, 0.4) is 0 Å². The maximum absolute atomic E-state index is 13.0. The zero-order valence-electron chi connectivity index (χ0n) is 19.7. The van der Waals surface area contributed by atoms with Crippen molar-refractivity contribution in [1.29, 1.82) is 0 Å². The Kier molecular flexibility index (Phi) is 11.1. The van der Waals surface area contributed by atoms with Crippen molar-refractivity contribution in [2.45, 2.75) is 63.9 Å². The van der Waals surface area contributed by atoms with Gasteiger partial charge in [-0.1, -0.05) is 26.0 Å². The number of carbonyl (C=O) groups excluding carboxylic acids is 4. The highest BCUT2D eigenvalue weighted by atomic mass is 16.4. The number of nitrogens with two attached hydrogens (primary N) is 2. The van der Waals surface area contributed by atoms with Gasteiger partial charge in [0.15, 0.2) is 0 Å². The van der Waals surface area contributed by atoms with Crippen LogP contribution in [0.5, 0.6) is 5.75 Å². The molecule has 4 amide bonds. The number of amides is 4. The number of aliphatic hydroxyl groups is 1. The Morgan fingerprint density at radius 2 is 1.43 bits per heavy atom. The number of aliphatic carboxylic acids is 1. The van der Waals surface area contributed by atoms with E-state index < -0.39 is 72.2 Å². The zero-order valence-corrected chi connectivity index (χ0v) is 19.7. The Morgan fingerprint density at radius 3 is 1.89 bits per heavy atom. The van der Waals surface area contributed by atoms with E-state index in [1.165, 1.54) is 31.2 Å². The highest BCUT2D eigenvalue weighted by Crippen LogP contribution is 2.12. The van der Waals surface area contributed by atoms with Crippen molar-refractivity contribution >= 4 is 29.6 Å². The van der Waals surface area contributed by atoms with Gasteiger partial charge in [-0.25, -0.2) is 4.79 Å². The Bertz CT molecular complexity index is 919. The van der Waals surface area contributed by atoms with Gasteiger partial charge in [0.05, 0.1) is 12.5 Å². The summed E-state index contributed by atoms with van der Waals surface area (Å²) in [5.74, 6) is -5.36. The van der Waals surface area contributed by atoms with Crippen LogP contribution in [0, 0.1) is 5.92 Å². The van der Waals surface area contributed by atoms with E-state index in [1.807, 2.05) is 0 Å². The van der Waals surface area contributed by atoms with Gasteiger partial charge in [-0.05, 0) is 30.5 Å². The molecule has 10 N–H and O–H groups in total. The molecule has 13 nitrogen and oxygen atoms in total. The summed E-state index contributed by atoms with van der Waals surface area (Å²) in [5.41, 5.74) is 11.2. The first-order valence-electron chi connectivity index (χ1n) is 10.9. The van der Waals surface area contributed by atoms with Crippen molar-refractivity contribution in [1.82, 2.24) is 16.0 Å². The predicted octanol–water partition coefficient (Wildman–Crippen LogP) is -2.29. The molecule has 0 aromatic heterocycles. The molecule has 0 saturated heterocycles. The molecule has 1 aromatic carbocycles. The molecule has 0 aliphatic carbocycles. The standard InChI is InChI=1S/C22H33N5O8/c1-10(2)18(27-20(32)17(24)11(3)28)21(33)25-14(8-12-4-6-13(29)7-5-12)19(31)26-15(22(34)35)9-16(23)30/h4-7,10-11,14-15,17-18,28-29H,8-9,24H2,1-3H3,(H2,23,30)(H,25,33)(H,26,31)(H,27,32)(H,34,35). The van der Waals surface area contributed by atoms with Gasteiger partial charge in [-0.15, -0.1) is 0 Å². The second-order valence-electron chi connectivity index (χ2n) is 8.50. The Morgan fingerprint density at radius 1 is 0.886 bits per heavy atom. The molecule has 0 aliphatic heterocycles. The molecule has 0 aliphatic rings. The number of aromatic hydroxyl groups is 1. The predicted molar refractivity (Wildman–Crippen MR) is 124 cm³/mol. The lowest BCUT2D eigenvalue weighted by Crippen LogP contribution is -2.59. The normalized spacial score (nSPS) is 15.3. The van der Waals surface area contributed by atoms with Gasteiger partial charge in [0.2, 0.25) is 23.6 Å². The van der Waals surface area contributed by atoms with Crippen molar-refractivity contribution in [2.24, 2.45) is 17.4 Å². The number of carboxylic acids is 1. The van der Waals surface area contributed by atoms with E-state index in [0.717, 1.165) is 0 Å². The molecule has 1 rings (SSSR count). The van der Waals surface area contributed by atoms with Crippen molar-refractivity contribution in [2.75, 3.05) is 0 Å². The van der Waals surface area contributed by atoms with Gasteiger partial charge in [-0.3, -0.25) is 19.2 Å². The van der Waals surface area contributed by atoms with E-state index in [4.69, 9.17) is 11.5 Å². The highest BCUT2D eigenvalue weighted by Gasteiger charge is 2.32. The second-order valence-corrected chi connectivity index (χ2v) is 8.50. The number of hydrogen-bond acceptors (Lipinski definition) is 8. The molecule has 1 aromatic rings. The highest BCUT2D eigenvalue weighted by molar-refractivity contribution is 5.95. The number of aliphatic hydroxyl groups excluding tert-OH is 1. The molecule has 13 heteroatoms. The molecule has 0 fully saturated rings. The van der Waals surface area contributed by atoms with Crippen LogP contribution in [-0.2, 0) is 30.4 Å². The van der Waals surface area contributed by atoms with Crippen LogP contribution in [0.15, 0.2) is 24.3 Å². The van der Waals surface area contributed by atoms with E-state index in [0.29, 0.717) is 5.56 Å². The van der Waals surface area contributed by atoms with Gasteiger partial charge in [0.1, 0.15) is 29.9 Å². The molecule has 0 radical (unpaired) electrons. The topological polar surface area (TPSA) is 234 Å². The van der Waals surface area contributed by atoms with Crippen LogP contribution in [-0.4, -0.2) is 75.2 Å². The first-order valence-corrected chi connectivity index (χ1v) is 10.9. The lowest BCUT2D eigenvalue weighted by atomic mass is 10.00. The first-order chi connectivity index (χ1) is 16.2. The van der Waals surface area contributed by atoms with Gasteiger partial charge in [-0.2, -0.15) is 0 Å². The number of phenolic OH excluding ortho intramolecular Hbond substituents is 1.